The molecule has 0 aliphatic heterocycles. The number of methoxy groups -OCH3 is 1. The molecule has 1 heterocycles. The zero-order chi connectivity index (χ0) is 18.0. The normalized spacial score (nSPS) is 12.9. The lowest BCUT2D eigenvalue weighted by Gasteiger charge is -2.10. The molecule has 0 aliphatic rings. The Morgan fingerprint density at radius 2 is 1.84 bits per heavy atom. The first-order valence-corrected chi connectivity index (χ1v) is 8.69. The first kappa shape index (κ1) is 17.2. The zero-order valence-electron chi connectivity index (χ0n) is 13.1. The Balaban J connectivity index is 2.02. The second kappa shape index (κ2) is 6.71. The summed E-state index contributed by atoms with van der Waals surface area (Å²) in [5, 5.41) is 9.03. The molecule has 7 nitrogen and oxygen atoms in total. The van der Waals surface area contributed by atoms with Crippen LogP contribution in [-0.4, -0.2) is 25.7 Å². The number of sulfonamides is 1. The van der Waals surface area contributed by atoms with Gasteiger partial charge in [0.25, 0.3) is 5.89 Å². The number of ether oxygens (including phenoxy) is 1. The number of benzene rings is 2. The van der Waals surface area contributed by atoms with Crippen LogP contribution in [-0.2, 0) is 14.8 Å². The monoisotopic (exact) mass is 363 g/mol. The molecule has 0 aliphatic carbocycles. The largest absolute Gasteiger partial charge is 0.367 e. The van der Waals surface area contributed by atoms with Crippen molar-refractivity contribution in [3.63, 3.8) is 0 Å². The van der Waals surface area contributed by atoms with Gasteiger partial charge < -0.3 is 9.26 Å². The van der Waals surface area contributed by atoms with Gasteiger partial charge in [0.05, 0.1) is 4.90 Å². The van der Waals surface area contributed by atoms with Gasteiger partial charge in [-0.25, -0.2) is 17.9 Å². The molecule has 0 radical (unpaired) electrons. The SMILES string of the molecule is COC(c1ccc(F)cc1)c1nc(-c2ccccc2S(N)(=O)=O)no1. The first-order valence-electron chi connectivity index (χ1n) is 7.14. The number of nitrogens with two attached hydrogens (primary N) is 1. The van der Waals surface area contributed by atoms with E-state index in [-0.39, 0.29) is 28.0 Å². The number of hydrogen-bond donors (Lipinski definition) is 1. The summed E-state index contributed by atoms with van der Waals surface area (Å²) in [4.78, 5) is 4.10. The average Bonchev–Trinajstić information content (AvgIpc) is 3.06. The van der Waals surface area contributed by atoms with Crippen LogP contribution in [0.1, 0.15) is 17.6 Å². The van der Waals surface area contributed by atoms with Gasteiger partial charge in [-0.05, 0) is 29.8 Å². The van der Waals surface area contributed by atoms with Crippen LogP contribution in [0.2, 0.25) is 0 Å². The molecule has 2 N–H and O–H groups in total. The quantitative estimate of drug-likeness (QED) is 0.745. The molecule has 1 atom stereocenters. The Morgan fingerprint density at radius 3 is 2.48 bits per heavy atom. The number of nitrogens with zero attached hydrogens (tertiary/aromatic N) is 2. The summed E-state index contributed by atoms with van der Waals surface area (Å²) in [5.41, 5.74) is 0.827. The summed E-state index contributed by atoms with van der Waals surface area (Å²) in [6.45, 7) is 0. The fourth-order valence-corrected chi connectivity index (χ4v) is 3.10. The highest BCUT2D eigenvalue weighted by atomic mass is 32.2. The number of halogens is 1. The highest BCUT2D eigenvalue weighted by molar-refractivity contribution is 7.89. The van der Waals surface area contributed by atoms with Crippen molar-refractivity contribution in [1.29, 1.82) is 0 Å². The molecule has 130 valence electrons. The summed E-state index contributed by atoms with van der Waals surface area (Å²) in [6, 6.07) is 11.7. The van der Waals surface area contributed by atoms with Gasteiger partial charge in [0.1, 0.15) is 5.82 Å². The summed E-state index contributed by atoms with van der Waals surface area (Å²) < 4.78 is 47.1. The second-order valence-electron chi connectivity index (χ2n) is 5.16. The van der Waals surface area contributed by atoms with Crippen molar-refractivity contribution in [3.8, 4) is 11.4 Å². The molecule has 25 heavy (non-hydrogen) atoms. The third-order valence-corrected chi connectivity index (χ3v) is 4.48. The predicted molar refractivity (Wildman–Crippen MR) is 86.4 cm³/mol. The third kappa shape index (κ3) is 3.58. The van der Waals surface area contributed by atoms with E-state index >= 15 is 0 Å². The van der Waals surface area contributed by atoms with Crippen LogP contribution >= 0.6 is 0 Å². The topological polar surface area (TPSA) is 108 Å². The van der Waals surface area contributed by atoms with E-state index < -0.39 is 16.1 Å². The molecule has 0 amide bonds. The van der Waals surface area contributed by atoms with Crippen LogP contribution in [0, 0.1) is 5.82 Å². The fraction of sp³-hybridized carbons (Fsp3) is 0.125. The van der Waals surface area contributed by atoms with Crippen LogP contribution in [0.25, 0.3) is 11.4 Å². The number of aromatic nitrogens is 2. The van der Waals surface area contributed by atoms with E-state index in [1.807, 2.05) is 0 Å². The van der Waals surface area contributed by atoms with Gasteiger partial charge in [-0.3, -0.25) is 0 Å². The highest BCUT2D eigenvalue weighted by Gasteiger charge is 2.24. The lowest BCUT2D eigenvalue weighted by atomic mass is 10.1. The average molecular weight is 363 g/mol. The molecule has 9 heteroatoms. The Hall–Kier alpha value is -2.62. The van der Waals surface area contributed by atoms with Crippen molar-refractivity contribution in [1.82, 2.24) is 10.1 Å². The summed E-state index contributed by atoms with van der Waals surface area (Å²) in [6.07, 6.45) is -0.719. The van der Waals surface area contributed by atoms with Crippen LogP contribution in [0.15, 0.2) is 57.9 Å². The summed E-state index contributed by atoms with van der Waals surface area (Å²) in [7, 11) is -2.51. The second-order valence-corrected chi connectivity index (χ2v) is 6.69. The lowest BCUT2D eigenvalue weighted by Crippen LogP contribution is -2.13. The Labute approximate surface area is 143 Å². The van der Waals surface area contributed by atoms with E-state index in [1.165, 1.54) is 43.5 Å². The lowest BCUT2D eigenvalue weighted by molar-refractivity contribution is 0.105. The van der Waals surface area contributed by atoms with Gasteiger partial charge >= 0.3 is 0 Å². The Kier molecular flexibility index (Phi) is 4.62. The number of rotatable bonds is 5. The molecule has 0 bridgehead atoms. The molecular weight excluding hydrogens is 349 g/mol. The smallest absolute Gasteiger partial charge is 0.260 e. The van der Waals surface area contributed by atoms with Crippen LogP contribution in [0.4, 0.5) is 4.39 Å². The first-order chi connectivity index (χ1) is 11.9. The maximum Gasteiger partial charge on any atom is 0.260 e. The van der Waals surface area contributed by atoms with E-state index in [2.05, 4.69) is 10.1 Å². The molecule has 3 rings (SSSR count). The number of hydrogen-bond acceptors (Lipinski definition) is 6. The van der Waals surface area contributed by atoms with Crippen LogP contribution < -0.4 is 5.14 Å². The van der Waals surface area contributed by atoms with Gasteiger partial charge in [0, 0.05) is 12.7 Å². The van der Waals surface area contributed by atoms with E-state index in [0.717, 1.165) is 0 Å². The minimum absolute atomic E-state index is 0.0591. The minimum Gasteiger partial charge on any atom is -0.367 e. The summed E-state index contributed by atoms with van der Waals surface area (Å²) in [5.74, 6) is -0.219. The van der Waals surface area contributed by atoms with E-state index in [4.69, 9.17) is 14.4 Å². The Morgan fingerprint density at radius 1 is 1.16 bits per heavy atom. The minimum atomic E-state index is -3.95. The van der Waals surface area contributed by atoms with Gasteiger partial charge in [-0.1, -0.05) is 29.4 Å². The Bertz CT molecular complexity index is 987. The maximum absolute atomic E-state index is 13.1. The van der Waals surface area contributed by atoms with Crippen LogP contribution in [0.3, 0.4) is 0 Å². The molecule has 1 unspecified atom stereocenters. The number of primary sulfonamides is 1. The molecule has 0 spiro atoms. The third-order valence-electron chi connectivity index (χ3n) is 3.51. The van der Waals surface area contributed by atoms with Crippen molar-refractivity contribution < 1.29 is 22.1 Å². The van der Waals surface area contributed by atoms with Crippen molar-refractivity contribution in [2.75, 3.05) is 7.11 Å². The van der Waals surface area contributed by atoms with Crippen LogP contribution in [0.5, 0.6) is 0 Å². The zero-order valence-corrected chi connectivity index (χ0v) is 13.9. The van der Waals surface area contributed by atoms with Crippen molar-refractivity contribution >= 4 is 10.0 Å². The van der Waals surface area contributed by atoms with Gasteiger partial charge in [-0.2, -0.15) is 4.98 Å². The summed E-state index contributed by atoms with van der Waals surface area (Å²) >= 11 is 0. The molecule has 0 saturated carbocycles. The van der Waals surface area contributed by atoms with Crippen molar-refractivity contribution in [3.05, 3.63) is 65.8 Å². The van der Waals surface area contributed by atoms with Gasteiger partial charge in [-0.15, -0.1) is 0 Å². The maximum atomic E-state index is 13.1. The molecule has 0 fully saturated rings. The predicted octanol–water partition coefficient (Wildman–Crippen LogP) is 2.26. The molecule has 3 aromatic rings. The molecule has 0 saturated heterocycles. The standard InChI is InChI=1S/C16H14FN3O4S/c1-23-14(10-6-8-11(17)9-7-10)16-19-15(20-24-16)12-4-2-3-5-13(12)25(18,21)22/h2-9,14H,1H3,(H2,18,21,22). The van der Waals surface area contributed by atoms with Crippen molar-refractivity contribution in [2.45, 2.75) is 11.0 Å². The van der Waals surface area contributed by atoms with E-state index in [1.54, 1.807) is 12.1 Å². The molecular formula is C16H14FN3O4S. The molecule has 1 aromatic heterocycles. The van der Waals surface area contributed by atoms with Crippen molar-refractivity contribution in [2.24, 2.45) is 5.14 Å². The van der Waals surface area contributed by atoms with E-state index in [9.17, 15) is 12.8 Å². The molecule has 2 aromatic carbocycles. The van der Waals surface area contributed by atoms with Gasteiger partial charge in [0.15, 0.2) is 6.10 Å². The van der Waals surface area contributed by atoms with E-state index in [0.29, 0.717) is 5.56 Å². The highest BCUT2D eigenvalue weighted by Crippen LogP contribution is 2.28. The van der Waals surface area contributed by atoms with Gasteiger partial charge in [0.2, 0.25) is 15.8 Å². The fourth-order valence-electron chi connectivity index (χ4n) is 2.37.